The normalized spacial score (nSPS) is 15.0. The maximum Gasteiger partial charge on any atom is 0.420 e. The van der Waals surface area contributed by atoms with Gasteiger partial charge in [0, 0.05) is 12.5 Å². The summed E-state index contributed by atoms with van der Waals surface area (Å²) < 4.78 is 44.4. The predicted molar refractivity (Wildman–Crippen MR) is 88.9 cm³/mol. The maximum atomic E-state index is 13.0. The lowest BCUT2D eigenvalue weighted by molar-refractivity contribution is -0.136. The van der Waals surface area contributed by atoms with Gasteiger partial charge in [0.25, 0.3) is 0 Å². The largest absolute Gasteiger partial charge is 0.440 e. The Bertz CT molecular complexity index is 650. The molecule has 134 valence electrons. The zero-order chi connectivity index (χ0) is 17.7. The summed E-state index contributed by atoms with van der Waals surface area (Å²) in [7, 11) is 1.68. The van der Waals surface area contributed by atoms with Gasteiger partial charge in [-0.2, -0.15) is 13.2 Å². The number of hydrogen-bond donors (Lipinski definition) is 1. The van der Waals surface area contributed by atoms with Crippen LogP contribution in [0.15, 0.2) is 16.5 Å². The van der Waals surface area contributed by atoms with Gasteiger partial charge < -0.3 is 9.73 Å². The van der Waals surface area contributed by atoms with E-state index in [2.05, 4.69) is 10.3 Å². The van der Waals surface area contributed by atoms with E-state index in [9.17, 15) is 13.2 Å². The summed E-state index contributed by atoms with van der Waals surface area (Å²) in [5.41, 5.74) is -0.166. The van der Waals surface area contributed by atoms with E-state index in [1.54, 1.807) is 13.1 Å². The molecule has 1 heterocycles. The first-order chi connectivity index (χ1) is 11.3. The van der Waals surface area contributed by atoms with Crippen LogP contribution in [0.1, 0.15) is 68.9 Å². The van der Waals surface area contributed by atoms with E-state index in [0.717, 1.165) is 6.07 Å². The summed E-state index contributed by atoms with van der Waals surface area (Å²) in [6, 6.07) is 2.73. The molecule has 6 heteroatoms. The third-order valence-corrected chi connectivity index (χ3v) is 4.00. The summed E-state index contributed by atoms with van der Waals surface area (Å²) in [6.45, 7) is 4.00. The Balaban J connectivity index is 0.000000355. The van der Waals surface area contributed by atoms with Crippen molar-refractivity contribution in [2.75, 3.05) is 7.05 Å². The van der Waals surface area contributed by atoms with Gasteiger partial charge in [-0.05, 0) is 24.7 Å². The molecule has 3 nitrogen and oxygen atoms in total. The van der Waals surface area contributed by atoms with Crippen LogP contribution in [0.25, 0.3) is 11.1 Å². The smallest absolute Gasteiger partial charge is 0.420 e. The number of alkyl halides is 3. The van der Waals surface area contributed by atoms with Crippen LogP contribution in [0, 0.1) is 0 Å². The standard InChI is InChI=1S/C13H15F3N2O.C5H10/c1-7(2)12-18-10-5-8(6-17-3)4-9(11(10)19-12)13(14,15)16;1-2-4-5-3-1/h4-5,7,17H,6H2,1-3H3;1-5H2. The number of benzene rings is 1. The Kier molecular flexibility index (Phi) is 6.27. The molecule has 0 radical (unpaired) electrons. The molecule has 2 aromatic rings. The Morgan fingerprint density at radius 2 is 1.71 bits per heavy atom. The van der Waals surface area contributed by atoms with E-state index in [-0.39, 0.29) is 17.0 Å². The van der Waals surface area contributed by atoms with Crippen molar-refractivity contribution in [3.8, 4) is 0 Å². The highest BCUT2D eigenvalue weighted by Crippen LogP contribution is 2.37. The van der Waals surface area contributed by atoms with Crippen LogP contribution in [-0.2, 0) is 12.7 Å². The van der Waals surface area contributed by atoms with E-state index >= 15 is 0 Å². The number of nitrogens with one attached hydrogen (secondary N) is 1. The number of aromatic nitrogens is 1. The zero-order valence-corrected chi connectivity index (χ0v) is 14.5. The minimum absolute atomic E-state index is 0.0544. The van der Waals surface area contributed by atoms with Gasteiger partial charge in [0.2, 0.25) is 0 Å². The highest BCUT2D eigenvalue weighted by Gasteiger charge is 2.35. The lowest BCUT2D eigenvalue weighted by Gasteiger charge is -2.09. The minimum atomic E-state index is -4.45. The van der Waals surface area contributed by atoms with Crippen LogP contribution in [0.3, 0.4) is 0 Å². The predicted octanol–water partition coefficient (Wildman–Crippen LogP) is 5.64. The zero-order valence-electron chi connectivity index (χ0n) is 14.5. The van der Waals surface area contributed by atoms with Crippen LogP contribution in [-0.4, -0.2) is 12.0 Å². The van der Waals surface area contributed by atoms with Crippen molar-refractivity contribution in [1.29, 1.82) is 0 Å². The third kappa shape index (κ3) is 4.72. The molecule has 1 saturated carbocycles. The molecule has 1 N–H and O–H groups in total. The van der Waals surface area contributed by atoms with Crippen molar-refractivity contribution in [1.82, 2.24) is 10.3 Å². The Morgan fingerprint density at radius 3 is 2.17 bits per heavy atom. The average molecular weight is 342 g/mol. The number of oxazole rings is 1. The van der Waals surface area contributed by atoms with E-state index in [1.165, 1.54) is 32.1 Å². The molecule has 0 saturated heterocycles. The molecular weight excluding hydrogens is 317 g/mol. The van der Waals surface area contributed by atoms with Crippen LogP contribution in [0.4, 0.5) is 13.2 Å². The van der Waals surface area contributed by atoms with Crippen molar-refractivity contribution >= 4 is 11.1 Å². The topological polar surface area (TPSA) is 38.1 Å². The second kappa shape index (κ2) is 8.01. The second-order valence-corrected chi connectivity index (χ2v) is 6.49. The van der Waals surface area contributed by atoms with Crippen molar-refractivity contribution in [3.63, 3.8) is 0 Å². The Morgan fingerprint density at radius 1 is 1.12 bits per heavy atom. The first-order valence-electron chi connectivity index (χ1n) is 8.48. The SMILES string of the molecule is C1CCCC1.CNCc1cc(C(F)(F)F)c2oc(C(C)C)nc2c1. The number of fused-ring (bicyclic) bond motifs is 1. The fourth-order valence-electron chi connectivity index (χ4n) is 2.76. The second-order valence-electron chi connectivity index (χ2n) is 6.49. The molecule has 0 amide bonds. The lowest BCUT2D eigenvalue weighted by atomic mass is 10.1. The molecule has 3 rings (SSSR count). The number of nitrogens with zero attached hydrogens (tertiary/aromatic N) is 1. The van der Waals surface area contributed by atoms with E-state index in [0.29, 0.717) is 18.0 Å². The van der Waals surface area contributed by atoms with Gasteiger partial charge in [0.15, 0.2) is 11.5 Å². The summed E-state index contributed by atoms with van der Waals surface area (Å²) in [6.07, 6.45) is 3.05. The van der Waals surface area contributed by atoms with Crippen molar-refractivity contribution in [2.24, 2.45) is 0 Å². The molecule has 1 aromatic carbocycles. The van der Waals surface area contributed by atoms with Crippen molar-refractivity contribution in [2.45, 2.75) is 64.6 Å². The number of rotatable bonds is 3. The highest BCUT2D eigenvalue weighted by molar-refractivity contribution is 5.78. The van der Waals surface area contributed by atoms with Gasteiger partial charge in [-0.15, -0.1) is 0 Å². The van der Waals surface area contributed by atoms with Gasteiger partial charge in [0.1, 0.15) is 11.1 Å². The third-order valence-electron chi connectivity index (χ3n) is 4.00. The lowest BCUT2D eigenvalue weighted by Crippen LogP contribution is -2.09. The molecular formula is C18H25F3N2O. The minimum Gasteiger partial charge on any atom is -0.440 e. The molecule has 1 fully saturated rings. The van der Waals surface area contributed by atoms with Gasteiger partial charge >= 0.3 is 6.18 Å². The average Bonchev–Trinajstić information content (AvgIpc) is 3.18. The maximum absolute atomic E-state index is 13.0. The Hall–Kier alpha value is -1.56. The molecule has 1 aromatic heterocycles. The van der Waals surface area contributed by atoms with Crippen molar-refractivity contribution in [3.05, 3.63) is 29.2 Å². The quantitative estimate of drug-likeness (QED) is 0.784. The molecule has 1 aliphatic rings. The van der Waals surface area contributed by atoms with Gasteiger partial charge in [-0.3, -0.25) is 0 Å². The first-order valence-corrected chi connectivity index (χ1v) is 8.48. The van der Waals surface area contributed by atoms with Gasteiger partial charge in [0.05, 0.1) is 0 Å². The van der Waals surface area contributed by atoms with E-state index < -0.39 is 11.7 Å². The van der Waals surface area contributed by atoms with Crippen LogP contribution in [0.2, 0.25) is 0 Å². The van der Waals surface area contributed by atoms with Crippen LogP contribution < -0.4 is 5.32 Å². The molecule has 1 aliphatic carbocycles. The summed E-state index contributed by atoms with van der Waals surface area (Å²) in [4.78, 5) is 4.13. The van der Waals surface area contributed by atoms with Crippen LogP contribution in [0.5, 0.6) is 0 Å². The number of halogens is 3. The highest BCUT2D eigenvalue weighted by atomic mass is 19.4. The first kappa shape index (κ1) is 18.8. The molecule has 0 aliphatic heterocycles. The molecule has 0 bridgehead atoms. The molecule has 0 spiro atoms. The monoisotopic (exact) mass is 342 g/mol. The van der Waals surface area contributed by atoms with E-state index in [1.807, 2.05) is 13.8 Å². The summed E-state index contributed by atoms with van der Waals surface area (Å²) >= 11 is 0. The van der Waals surface area contributed by atoms with Gasteiger partial charge in [-0.1, -0.05) is 46.0 Å². The summed E-state index contributed by atoms with van der Waals surface area (Å²) in [5.74, 6) is 0.267. The van der Waals surface area contributed by atoms with Crippen LogP contribution >= 0.6 is 0 Å². The molecule has 0 unspecified atom stereocenters. The molecule has 24 heavy (non-hydrogen) atoms. The summed E-state index contributed by atoms with van der Waals surface area (Å²) in [5, 5.41) is 2.83. The van der Waals surface area contributed by atoms with Gasteiger partial charge in [-0.25, -0.2) is 4.98 Å². The number of hydrogen-bond acceptors (Lipinski definition) is 3. The van der Waals surface area contributed by atoms with Crippen molar-refractivity contribution < 1.29 is 17.6 Å². The fraction of sp³-hybridized carbons (Fsp3) is 0.611. The Labute approximate surface area is 140 Å². The molecule has 0 atom stereocenters. The fourth-order valence-corrected chi connectivity index (χ4v) is 2.76. The van der Waals surface area contributed by atoms with E-state index in [4.69, 9.17) is 4.42 Å².